The quantitative estimate of drug-likeness (QED) is 0.239. The van der Waals surface area contributed by atoms with Crippen LogP contribution in [-0.2, 0) is 13.6 Å². The van der Waals surface area contributed by atoms with Gasteiger partial charge in [-0.15, -0.1) is 5.10 Å². The molecule has 5 aromatic rings. The lowest BCUT2D eigenvalue weighted by molar-refractivity contribution is 0.514. The molecule has 0 aliphatic carbocycles. The van der Waals surface area contributed by atoms with Gasteiger partial charge in [-0.3, -0.25) is 4.98 Å². The molecule has 2 aromatic carbocycles. The molecule has 0 aliphatic heterocycles. The molecular weight excluding hydrogens is 528 g/mol. The van der Waals surface area contributed by atoms with Gasteiger partial charge in [-0.1, -0.05) is 28.4 Å². The molecule has 0 aliphatic rings. The molecule has 0 amide bonds. The molecule has 0 spiro atoms. The highest BCUT2D eigenvalue weighted by molar-refractivity contribution is 6.36. The van der Waals surface area contributed by atoms with Crippen molar-refractivity contribution in [3.8, 4) is 17.6 Å². The minimum absolute atomic E-state index is 0.0328. The third-order valence-electron chi connectivity index (χ3n) is 6.06. The molecule has 0 saturated heterocycles. The second kappa shape index (κ2) is 10.3. The molecular formula is C26H22Cl2FN9. The van der Waals surface area contributed by atoms with Crippen molar-refractivity contribution in [2.24, 2.45) is 7.05 Å². The van der Waals surface area contributed by atoms with E-state index in [1.807, 2.05) is 37.7 Å². The average Bonchev–Trinajstić information content (AvgIpc) is 3.52. The number of pyridine rings is 1. The Morgan fingerprint density at radius 2 is 1.87 bits per heavy atom. The van der Waals surface area contributed by atoms with Gasteiger partial charge in [-0.25, -0.2) is 14.1 Å². The first-order valence-corrected chi connectivity index (χ1v) is 12.4. The Labute approximate surface area is 227 Å². The van der Waals surface area contributed by atoms with Crippen LogP contribution in [0.5, 0.6) is 0 Å². The molecule has 12 heteroatoms. The summed E-state index contributed by atoms with van der Waals surface area (Å²) in [7, 11) is 1.92. The second-order valence-electron chi connectivity index (χ2n) is 8.93. The fourth-order valence-corrected chi connectivity index (χ4v) is 4.42. The van der Waals surface area contributed by atoms with Crippen LogP contribution in [0.25, 0.3) is 22.4 Å². The van der Waals surface area contributed by atoms with Crippen LogP contribution >= 0.6 is 23.2 Å². The molecule has 0 saturated carbocycles. The van der Waals surface area contributed by atoms with Crippen LogP contribution in [0.2, 0.25) is 10.0 Å². The van der Waals surface area contributed by atoms with Crippen molar-refractivity contribution in [2.45, 2.75) is 26.4 Å². The predicted octanol–water partition coefficient (Wildman–Crippen LogP) is 6.48. The Bertz CT molecular complexity index is 1700. The van der Waals surface area contributed by atoms with Crippen LogP contribution in [0.3, 0.4) is 0 Å². The zero-order chi connectivity index (χ0) is 27.0. The van der Waals surface area contributed by atoms with Crippen molar-refractivity contribution >= 4 is 51.2 Å². The molecule has 0 bridgehead atoms. The number of halogens is 3. The van der Waals surface area contributed by atoms with Gasteiger partial charge in [0.2, 0.25) is 0 Å². The Morgan fingerprint density at radius 3 is 2.58 bits per heavy atom. The summed E-state index contributed by atoms with van der Waals surface area (Å²) >= 11 is 12.5. The zero-order valence-electron chi connectivity index (χ0n) is 20.7. The smallest absolute Gasteiger partial charge is 0.162 e. The van der Waals surface area contributed by atoms with E-state index in [4.69, 9.17) is 23.2 Å². The Morgan fingerprint density at radius 1 is 1.08 bits per heavy atom. The number of nitrogens with one attached hydrogen (secondary N) is 2. The standard InChI is InChI=1S/C26H22Cl2FN9/c1-14(2)38-13-23(35-36-38)26-33-12-18(37(26)3)11-31-17-6-19-24(34-16-4-5-22(29)20(27)7-16)15(9-30)10-32-25(19)21(28)8-17/h4-8,10,12-14,31H,11H2,1-3H3,(H,32,34). The predicted molar refractivity (Wildman–Crippen MR) is 146 cm³/mol. The van der Waals surface area contributed by atoms with E-state index < -0.39 is 5.82 Å². The maximum Gasteiger partial charge on any atom is 0.162 e. The molecule has 0 unspecified atom stereocenters. The van der Waals surface area contributed by atoms with Crippen molar-refractivity contribution < 1.29 is 4.39 Å². The molecule has 192 valence electrons. The molecule has 3 aromatic heterocycles. The third-order valence-corrected chi connectivity index (χ3v) is 6.64. The summed E-state index contributed by atoms with van der Waals surface area (Å²) in [5, 5.41) is 25.7. The van der Waals surface area contributed by atoms with Gasteiger partial charge >= 0.3 is 0 Å². The molecule has 0 atom stereocenters. The van der Waals surface area contributed by atoms with Crippen molar-refractivity contribution in [2.75, 3.05) is 10.6 Å². The van der Waals surface area contributed by atoms with E-state index in [0.29, 0.717) is 56.6 Å². The maximum absolute atomic E-state index is 13.7. The lowest BCUT2D eigenvalue weighted by atomic mass is 10.1. The van der Waals surface area contributed by atoms with Gasteiger partial charge in [0.15, 0.2) is 5.82 Å². The highest BCUT2D eigenvalue weighted by Gasteiger charge is 2.16. The third kappa shape index (κ3) is 4.86. The number of fused-ring (bicyclic) bond motifs is 1. The lowest BCUT2D eigenvalue weighted by Crippen LogP contribution is -2.06. The van der Waals surface area contributed by atoms with E-state index in [9.17, 15) is 9.65 Å². The number of imidazole rings is 1. The average molecular weight is 550 g/mol. The highest BCUT2D eigenvalue weighted by Crippen LogP contribution is 2.35. The molecule has 0 fully saturated rings. The number of nitriles is 1. The molecule has 2 N–H and O–H groups in total. The van der Waals surface area contributed by atoms with E-state index in [1.165, 1.54) is 24.4 Å². The molecule has 9 nitrogen and oxygen atoms in total. The summed E-state index contributed by atoms with van der Waals surface area (Å²) in [6.45, 7) is 4.52. The van der Waals surface area contributed by atoms with E-state index in [-0.39, 0.29) is 11.1 Å². The van der Waals surface area contributed by atoms with Crippen LogP contribution < -0.4 is 10.6 Å². The molecule has 0 radical (unpaired) electrons. The Balaban J connectivity index is 1.45. The molecule has 38 heavy (non-hydrogen) atoms. The lowest BCUT2D eigenvalue weighted by Gasteiger charge is -2.15. The van der Waals surface area contributed by atoms with Crippen molar-refractivity contribution in [3.05, 3.63) is 76.0 Å². The zero-order valence-corrected chi connectivity index (χ0v) is 22.2. The van der Waals surface area contributed by atoms with Crippen LogP contribution in [0, 0.1) is 17.1 Å². The summed E-state index contributed by atoms with van der Waals surface area (Å²) in [5.41, 5.74) is 4.15. The van der Waals surface area contributed by atoms with Crippen molar-refractivity contribution in [1.82, 2.24) is 29.5 Å². The fourth-order valence-electron chi connectivity index (χ4n) is 3.97. The highest BCUT2D eigenvalue weighted by atomic mass is 35.5. The van der Waals surface area contributed by atoms with Gasteiger partial charge in [0.05, 0.1) is 51.4 Å². The van der Waals surface area contributed by atoms with Gasteiger partial charge < -0.3 is 15.2 Å². The number of aromatic nitrogens is 6. The first-order valence-electron chi connectivity index (χ1n) is 11.7. The van der Waals surface area contributed by atoms with Gasteiger partial charge in [-0.05, 0) is 44.2 Å². The number of nitrogens with zero attached hydrogens (tertiary/aromatic N) is 7. The van der Waals surface area contributed by atoms with E-state index >= 15 is 0 Å². The maximum atomic E-state index is 13.7. The summed E-state index contributed by atoms with van der Waals surface area (Å²) in [6.07, 6.45) is 5.09. The van der Waals surface area contributed by atoms with Crippen LogP contribution in [0.4, 0.5) is 21.5 Å². The summed E-state index contributed by atoms with van der Waals surface area (Å²) in [4.78, 5) is 8.90. The first-order chi connectivity index (χ1) is 18.2. The first kappa shape index (κ1) is 25.4. The van der Waals surface area contributed by atoms with Gasteiger partial charge in [0.1, 0.15) is 17.6 Å². The van der Waals surface area contributed by atoms with Crippen LogP contribution in [0.1, 0.15) is 31.1 Å². The van der Waals surface area contributed by atoms with Gasteiger partial charge in [0, 0.05) is 36.0 Å². The molecule has 3 heterocycles. The Hall–Kier alpha value is -4.20. The van der Waals surface area contributed by atoms with E-state index in [2.05, 4.69) is 37.0 Å². The number of hydrogen-bond acceptors (Lipinski definition) is 7. The minimum atomic E-state index is -0.533. The fraction of sp³-hybridized carbons (Fsp3) is 0.192. The van der Waals surface area contributed by atoms with Crippen molar-refractivity contribution in [1.29, 1.82) is 5.26 Å². The largest absolute Gasteiger partial charge is 0.379 e. The van der Waals surface area contributed by atoms with E-state index in [0.717, 1.165) is 5.69 Å². The van der Waals surface area contributed by atoms with Crippen LogP contribution in [0.15, 0.2) is 48.9 Å². The minimum Gasteiger partial charge on any atom is -0.379 e. The summed E-state index contributed by atoms with van der Waals surface area (Å²) < 4.78 is 17.4. The number of hydrogen-bond donors (Lipinski definition) is 2. The second-order valence-corrected chi connectivity index (χ2v) is 9.74. The normalized spacial score (nSPS) is 11.2. The monoisotopic (exact) mass is 549 g/mol. The van der Waals surface area contributed by atoms with Crippen LogP contribution in [-0.4, -0.2) is 29.5 Å². The van der Waals surface area contributed by atoms with E-state index in [1.54, 1.807) is 16.9 Å². The summed E-state index contributed by atoms with van der Waals surface area (Å²) in [5.74, 6) is 0.173. The topological polar surface area (TPSA) is 109 Å². The number of anilines is 3. The SMILES string of the molecule is CC(C)n1cc(-c2ncc(CNc3cc(Cl)c4ncc(C#N)c(Nc5ccc(F)c(Cl)c5)c4c3)n2C)nn1. The Kier molecular flexibility index (Phi) is 6.89. The van der Waals surface area contributed by atoms with Gasteiger partial charge in [0.25, 0.3) is 0 Å². The molecule has 5 rings (SSSR count). The summed E-state index contributed by atoms with van der Waals surface area (Å²) in [6, 6.07) is 10.2. The number of rotatable bonds is 7. The number of benzene rings is 2. The van der Waals surface area contributed by atoms with Gasteiger partial charge in [-0.2, -0.15) is 5.26 Å². The van der Waals surface area contributed by atoms with Crippen molar-refractivity contribution in [3.63, 3.8) is 0 Å².